The van der Waals surface area contributed by atoms with E-state index in [1.54, 1.807) is 0 Å². The summed E-state index contributed by atoms with van der Waals surface area (Å²) in [5.74, 6) is -0.782. The molecule has 7 nitrogen and oxygen atoms in total. The van der Waals surface area contributed by atoms with Crippen molar-refractivity contribution in [2.75, 3.05) is 0 Å². The first-order valence-electron chi connectivity index (χ1n) is 14.7. The molecule has 42 heavy (non-hydrogen) atoms. The molecule has 3 fully saturated rings. The summed E-state index contributed by atoms with van der Waals surface area (Å²) in [6.45, 7) is 13.1. The molecule has 0 radical (unpaired) electrons. The van der Waals surface area contributed by atoms with Crippen LogP contribution >= 0.6 is 11.6 Å². The topological polar surface area (TPSA) is 67.6 Å². The third-order valence-corrected chi connectivity index (χ3v) is 15.0. The van der Waals surface area contributed by atoms with Crippen LogP contribution in [-0.4, -0.2) is 52.0 Å². The molecule has 0 unspecified atom stereocenters. The van der Waals surface area contributed by atoms with Crippen molar-refractivity contribution in [2.24, 2.45) is 0 Å². The Hall–Kier alpha value is -2.59. The largest absolute Gasteiger partial charge is 0.401 e. The van der Waals surface area contributed by atoms with Gasteiger partial charge in [0.25, 0.3) is 8.32 Å². The number of rotatable bonds is 5. The number of benzene rings is 2. The zero-order valence-corrected chi connectivity index (χ0v) is 26.8. The van der Waals surface area contributed by atoms with E-state index in [1.807, 2.05) is 30.7 Å². The Morgan fingerprint density at radius 2 is 1.57 bits per heavy atom. The Morgan fingerprint density at radius 1 is 0.929 bits per heavy atom. The normalized spacial score (nSPS) is 30.5. The van der Waals surface area contributed by atoms with E-state index in [-0.39, 0.29) is 17.2 Å². The maximum absolute atomic E-state index is 7.72. The van der Waals surface area contributed by atoms with Crippen molar-refractivity contribution < 1.29 is 18.6 Å². The van der Waals surface area contributed by atoms with Crippen molar-refractivity contribution in [3.63, 3.8) is 0 Å². The molecule has 0 bridgehead atoms. The van der Waals surface area contributed by atoms with Crippen LogP contribution in [0.2, 0.25) is 10.2 Å². The number of ether oxygens (including phenoxy) is 3. The molecule has 220 valence electrons. The van der Waals surface area contributed by atoms with E-state index in [0.717, 1.165) is 18.2 Å². The maximum Gasteiger partial charge on any atom is 0.261 e. The molecule has 2 aromatic heterocycles. The predicted octanol–water partition coefficient (Wildman–Crippen LogP) is 6.00. The molecule has 9 heteroatoms. The van der Waals surface area contributed by atoms with Gasteiger partial charge in [-0.15, -0.1) is 0 Å². The lowest BCUT2D eigenvalue weighted by Crippen LogP contribution is -2.69. The standard InChI is InChI=1S/C33H38ClN3O4Si/c1-30(2,3)42(22-13-9-7-10-14-22,23-15-11-8-12-16-23)40-25-17-19-33-26(38-31(4,5)41-33)29(39-32(25,33)6)37-20-18-24-27(34)35-21-36-28(24)37/h7-16,18,20-21,25-26,29H,17,19H2,1-6H3/t25-,26-,29+,32+,33-/m0/s1. The van der Waals surface area contributed by atoms with Crippen molar-refractivity contribution in [1.29, 1.82) is 0 Å². The zero-order valence-electron chi connectivity index (χ0n) is 25.0. The predicted molar refractivity (Wildman–Crippen MR) is 166 cm³/mol. The van der Waals surface area contributed by atoms with E-state index in [1.165, 1.54) is 16.7 Å². The average molecular weight is 604 g/mol. The van der Waals surface area contributed by atoms with Crippen LogP contribution in [0.5, 0.6) is 0 Å². The number of aromatic nitrogens is 3. The monoisotopic (exact) mass is 603 g/mol. The number of nitrogens with zero attached hydrogens (tertiary/aromatic N) is 3. The first-order chi connectivity index (χ1) is 19.9. The van der Waals surface area contributed by atoms with Gasteiger partial charge in [-0.25, -0.2) is 9.97 Å². The molecule has 3 aliphatic rings. The minimum atomic E-state index is -2.86. The smallest absolute Gasteiger partial charge is 0.261 e. The van der Waals surface area contributed by atoms with Crippen molar-refractivity contribution in [3.05, 3.63) is 84.4 Å². The minimum Gasteiger partial charge on any atom is -0.401 e. The first kappa shape index (κ1) is 28.2. The number of hydrogen-bond donors (Lipinski definition) is 0. The van der Waals surface area contributed by atoms with Gasteiger partial charge in [-0.3, -0.25) is 0 Å². The van der Waals surface area contributed by atoms with Gasteiger partial charge in [0.05, 0.1) is 11.5 Å². The lowest BCUT2D eigenvalue weighted by molar-refractivity contribution is -0.242. The summed E-state index contributed by atoms with van der Waals surface area (Å²) in [6, 6.07) is 23.5. The highest BCUT2D eigenvalue weighted by Gasteiger charge is 2.77. The molecule has 0 amide bonds. The van der Waals surface area contributed by atoms with Crippen molar-refractivity contribution in [3.8, 4) is 0 Å². The summed E-state index contributed by atoms with van der Waals surface area (Å²) in [5.41, 5.74) is -0.794. The quantitative estimate of drug-likeness (QED) is 0.206. The highest BCUT2D eigenvalue weighted by Crippen LogP contribution is 2.63. The third kappa shape index (κ3) is 3.86. The summed E-state index contributed by atoms with van der Waals surface area (Å²) in [7, 11) is -2.86. The van der Waals surface area contributed by atoms with Gasteiger partial charge < -0.3 is 23.2 Å². The van der Waals surface area contributed by atoms with Gasteiger partial charge >= 0.3 is 0 Å². The fraction of sp³-hybridized carbons (Fsp3) is 0.455. The van der Waals surface area contributed by atoms with Gasteiger partial charge in [-0.05, 0) is 55.1 Å². The van der Waals surface area contributed by atoms with Crippen LogP contribution in [-0.2, 0) is 18.6 Å². The van der Waals surface area contributed by atoms with Crippen LogP contribution < -0.4 is 10.4 Å². The highest BCUT2D eigenvalue weighted by atomic mass is 35.5. The molecule has 1 spiro atoms. The molecular formula is C33H38ClN3O4Si. The number of hydrogen-bond acceptors (Lipinski definition) is 6. The zero-order chi connectivity index (χ0) is 29.5. The SMILES string of the molecule is CC1(C)O[C@H]2[C@H](n3ccc4c(Cl)ncnc43)O[C@]3(C)[C@@H](O[Si](c4ccccc4)(c4ccccc4)C(C)(C)C)CC[C@]23O1. The Balaban J connectivity index is 1.37. The van der Waals surface area contributed by atoms with Crippen LogP contribution in [0.1, 0.15) is 60.6 Å². The van der Waals surface area contributed by atoms with Crippen LogP contribution in [0.4, 0.5) is 0 Å². The van der Waals surface area contributed by atoms with E-state index in [9.17, 15) is 0 Å². The summed E-state index contributed by atoms with van der Waals surface area (Å²) < 4.78 is 30.5. The molecule has 4 aromatic rings. The summed E-state index contributed by atoms with van der Waals surface area (Å²) >= 11 is 6.43. The fourth-order valence-corrected chi connectivity index (χ4v) is 12.8. The van der Waals surface area contributed by atoms with E-state index in [0.29, 0.717) is 10.8 Å². The lowest BCUT2D eigenvalue weighted by atomic mass is 9.84. The van der Waals surface area contributed by atoms with Gasteiger partial charge in [0.2, 0.25) is 0 Å². The Bertz CT molecular complexity index is 1590. The summed E-state index contributed by atoms with van der Waals surface area (Å²) in [5, 5.41) is 3.50. The highest BCUT2D eigenvalue weighted by molar-refractivity contribution is 6.99. The van der Waals surface area contributed by atoms with Gasteiger partial charge in [-0.1, -0.05) is 93.0 Å². The van der Waals surface area contributed by atoms with E-state index < -0.39 is 31.5 Å². The molecule has 0 N–H and O–H groups in total. The van der Waals surface area contributed by atoms with Gasteiger partial charge in [0, 0.05) is 6.20 Å². The van der Waals surface area contributed by atoms with Gasteiger partial charge in [-0.2, -0.15) is 0 Å². The molecule has 5 atom stereocenters. The second kappa shape index (κ2) is 9.45. The average Bonchev–Trinajstić information content (AvgIpc) is 3.63. The molecule has 4 heterocycles. The molecule has 1 aliphatic carbocycles. The van der Waals surface area contributed by atoms with E-state index >= 15 is 0 Å². The summed E-state index contributed by atoms with van der Waals surface area (Å²) in [6.07, 6.45) is 3.91. The molecule has 1 saturated carbocycles. The van der Waals surface area contributed by atoms with Crippen LogP contribution in [0.3, 0.4) is 0 Å². The Labute approximate surface area is 253 Å². The Kier molecular flexibility index (Phi) is 6.34. The van der Waals surface area contributed by atoms with E-state index in [4.69, 9.17) is 30.2 Å². The number of fused-ring (bicyclic) bond motifs is 1. The van der Waals surface area contributed by atoms with Crippen LogP contribution in [0, 0.1) is 0 Å². The van der Waals surface area contributed by atoms with Crippen molar-refractivity contribution >= 4 is 41.3 Å². The minimum absolute atomic E-state index is 0.171. The van der Waals surface area contributed by atoms with Gasteiger partial charge in [0.1, 0.15) is 34.4 Å². The number of halogens is 1. The Morgan fingerprint density at radius 3 is 2.19 bits per heavy atom. The molecule has 2 aliphatic heterocycles. The maximum atomic E-state index is 7.72. The van der Waals surface area contributed by atoms with Crippen LogP contribution in [0.25, 0.3) is 11.0 Å². The molecule has 7 rings (SSSR count). The van der Waals surface area contributed by atoms with Crippen molar-refractivity contribution in [2.45, 2.75) is 94.8 Å². The van der Waals surface area contributed by atoms with E-state index in [2.05, 4.69) is 98.3 Å². The second-order valence-corrected chi connectivity index (χ2v) is 18.1. The first-order valence-corrected chi connectivity index (χ1v) is 17.0. The second-order valence-electron chi connectivity index (χ2n) is 13.5. The third-order valence-electron chi connectivity index (χ3n) is 9.63. The van der Waals surface area contributed by atoms with Gasteiger partial charge in [0.15, 0.2) is 12.0 Å². The van der Waals surface area contributed by atoms with Crippen molar-refractivity contribution in [1.82, 2.24) is 14.5 Å². The molecule has 2 saturated heterocycles. The van der Waals surface area contributed by atoms with Crippen LogP contribution in [0.15, 0.2) is 79.3 Å². The summed E-state index contributed by atoms with van der Waals surface area (Å²) in [4.78, 5) is 8.74. The lowest BCUT2D eigenvalue weighted by Gasteiger charge is -2.48. The molecule has 2 aromatic carbocycles. The molecular weight excluding hydrogens is 566 g/mol. The fourth-order valence-electron chi connectivity index (χ4n) is 7.84.